The van der Waals surface area contributed by atoms with Gasteiger partial charge in [-0.3, -0.25) is 4.98 Å². The molecular weight excluding hydrogens is 339 g/mol. The van der Waals surface area contributed by atoms with E-state index in [0.717, 1.165) is 23.4 Å². The molecule has 0 aliphatic carbocycles. The van der Waals surface area contributed by atoms with Crippen LogP contribution in [0.25, 0.3) is 11.1 Å². The van der Waals surface area contributed by atoms with Crippen LogP contribution in [0.15, 0.2) is 60.7 Å². The number of pyridine rings is 1. The van der Waals surface area contributed by atoms with E-state index >= 15 is 0 Å². The second-order valence-electron chi connectivity index (χ2n) is 6.07. The maximum atomic E-state index is 12.8. The summed E-state index contributed by atoms with van der Waals surface area (Å²) in [6, 6.07) is 16.6. The van der Waals surface area contributed by atoms with E-state index in [1.807, 2.05) is 50.2 Å². The van der Waals surface area contributed by atoms with Gasteiger partial charge in [-0.2, -0.15) is 13.2 Å². The number of benzene rings is 2. The Hall–Kier alpha value is -2.82. The van der Waals surface area contributed by atoms with Crippen LogP contribution in [0, 0.1) is 13.8 Å². The van der Waals surface area contributed by atoms with Crippen LogP contribution in [0.1, 0.15) is 22.5 Å². The van der Waals surface area contributed by atoms with E-state index in [-0.39, 0.29) is 0 Å². The molecular formula is C21H18F3NO. The van der Waals surface area contributed by atoms with Gasteiger partial charge in [0.15, 0.2) is 0 Å². The van der Waals surface area contributed by atoms with Crippen molar-refractivity contribution >= 4 is 0 Å². The van der Waals surface area contributed by atoms with Crippen LogP contribution in [0.4, 0.5) is 13.2 Å². The van der Waals surface area contributed by atoms with Crippen LogP contribution >= 0.6 is 0 Å². The van der Waals surface area contributed by atoms with E-state index in [9.17, 15) is 13.2 Å². The summed E-state index contributed by atoms with van der Waals surface area (Å²) in [6.45, 7) is 4.06. The average molecular weight is 357 g/mol. The Morgan fingerprint density at radius 2 is 1.58 bits per heavy atom. The van der Waals surface area contributed by atoms with Gasteiger partial charge in [-0.05, 0) is 37.1 Å². The van der Waals surface area contributed by atoms with Crippen LogP contribution in [-0.4, -0.2) is 4.98 Å². The Morgan fingerprint density at radius 3 is 2.19 bits per heavy atom. The van der Waals surface area contributed by atoms with Crippen molar-refractivity contribution in [3.8, 4) is 16.9 Å². The molecule has 0 N–H and O–H groups in total. The van der Waals surface area contributed by atoms with Gasteiger partial charge in [0.25, 0.3) is 0 Å². The number of halogens is 3. The summed E-state index contributed by atoms with van der Waals surface area (Å²) in [4.78, 5) is 4.43. The molecule has 0 aliphatic heterocycles. The van der Waals surface area contributed by atoms with Gasteiger partial charge in [-0.1, -0.05) is 42.5 Å². The van der Waals surface area contributed by atoms with Gasteiger partial charge in [0.2, 0.25) is 0 Å². The monoisotopic (exact) mass is 357 g/mol. The van der Waals surface area contributed by atoms with Crippen molar-refractivity contribution in [1.82, 2.24) is 4.98 Å². The molecule has 3 rings (SSSR count). The van der Waals surface area contributed by atoms with Gasteiger partial charge >= 0.3 is 6.18 Å². The molecule has 0 unspecified atom stereocenters. The van der Waals surface area contributed by atoms with Crippen LogP contribution in [0.2, 0.25) is 0 Å². The minimum absolute atomic E-state index is 0.372. The second kappa shape index (κ2) is 7.20. The molecule has 134 valence electrons. The van der Waals surface area contributed by atoms with E-state index in [1.165, 1.54) is 12.1 Å². The summed E-state index contributed by atoms with van der Waals surface area (Å²) >= 11 is 0. The van der Waals surface area contributed by atoms with Crippen LogP contribution in [-0.2, 0) is 12.8 Å². The molecule has 3 aromatic rings. The average Bonchev–Trinajstić information content (AvgIpc) is 2.60. The molecule has 0 spiro atoms. The fraction of sp³-hybridized carbons (Fsp3) is 0.190. The molecule has 0 aliphatic rings. The third-order valence-electron chi connectivity index (χ3n) is 4.03. The van der Waals surface area contributed by atoms with Crippen molar-refractivity contribution in [1.29, 1.82) is 0 Å². The van der Waals surface area contributed by atoms with Crippen molar-refractivity contribution in [2.75, 3.05) is 0 Å². The van der Waals surface area contributed by atoms with Gasteiger partial charge in [0, 0.05) is 23.0 Å². The van der Waals surface area contributed by atoms with Crippen LogP contribution in [0.3, 0.4) is 0 Å². The smallest absolute Gasteiger partial charge is 0.416 e. The number of alkyl halides is 3. The first-order valence-electron chi connectivity index (χ1n) is 8.17. The van der Waals surface area contributed by atoms with Crippen molar-refractivity contribution in [3.05, 3.63) is 83.2 Å². The normalized spacial score (nSPS) is 11.4. The molecule has 0 fully saturated rings. The van der Waals surface area contributed by atoms with E-state index in [1.54, 1.807) is 0 Å². The van der Waals surface area contributed by atoms with Crippen LogP contribution < -0.4 is 4.74 Å². The number of aryl methyl sites for hydroxylation is 2. The maximum Gasteiger partial charge on any atom is 0.416 e. The third-order valence-corrected chi connectivity index (χ3v) is 4.03. The number of nitrogens with zero attached hydrogens (tertiary/aromatic N) is 1. The number of rotatable bonds is 4. The third kappa shape index (κ3) is 4.04. The molecule has 0 atom stereocenters. The van der Waals surface area contributed by atoms with Gasteiger partial charge in [0.05, 0.1) is 5.56 Å². The summed E-state index contributed by atoms with van der Waals surface area (Å²) < 4.78 is 44.4. The zero-order chi connectivity index (χ0) is 18.7. The first-order valence-corrected chi connectivity index (χ1v) is 8.17. The summed E-state index contributed by atoms with van der Waals surface area (Å²) in [7, 11) is 0. The number of aromatic nitrogens is 1. The SMILES string of the molecule is Cc1cc(OCc2ccccc2)c(-c2ccc(C(F)(F)F)cc2)c(C)n1. The maximum absolute atomic E-state index is 12.8. The highest BCUT2D eigenvalue weighted by molar-refractivity contribution is 5.73. The van der Waals surface area contributed by atoms with Gasteiger partial charge in [0.1, 0.15) is 12.4 Å². The van der Waals surface area contributed by atoms with E-state index in [4.69, 9.17) is 4.74 Å². The molecule has 0 saturated carbocycles. The van der Waals surface area contributed by atoms with E-state index in [2.05, 4.69) is 4.98 Å². The molecule has 0 saturated heterocycles. The largest absolute Gasteiger partial charge is 0.488 e. The topological polar surface area (TPSA) is 22.1 Å². The Balaban J connectivity index is 1.95. The lowest BCUT2D eigenvalue weighted by Crippen LogP contribution is -2.04. The fourth-order valence-corrected chi connectivity index (χ4v) is 2.82. The highest BCUT2D eigenvalue weighted by atomic mass is 19.4. The summed E-state index contributed by atoms with van der Waals surface area (Å²) in [6.07, 6.45) is -4.36. The Morgan fingerprint density at radius 1 is 0.923 bits per heavy atom. The van der Waals surface area contributed by atoms with Crippen molar-refractivity contribution in [3.63, 3.8) is 0 Å². The lowest BCUT2D eigenvalue weighted by molar-refractivity contribution is -0.137. The van der Waals surface area contributed by atoms with E-state index in [0.29, 0.717) is 29.2 Å². The molecule has 2 nitrogen and oxygen atoms in total. The fourth-order valence-electron chi connectivity index (χ4n) is 2.82. The standard InChI is InChI=1S/C21H18F3NO/c1-14-12-19(26-13-16-6-4-3-5-7-16)20(15(2)25-14)17-8-10-18(11-9-17)21(22,23)24/h3-12H,13H2,1-2H3. The van der Waals surface area contributed by atoms with Gasteiger partial charge < -0.3 is 4.74 Å². The first-order chi connectivity index (χ1) is 12.3. The van der Waals surface area contributed by atoms with Crippen molar-refractivity contribution < 1.29 is 17.9 Å². The number of hydrogen-bond donors (Lipinski definition) is 0. The summed E-state index contributed by atoms with van der Waals surface area (Å²) in [5, 5.41) is 0. The molecule has 1 aromatic heterocycles. The quantitative estimate of drug-likeness (QED) is 0.574. The van der Waals surface area contributed by atoms with Gasteiger partial charge in [-0.15, -0.1) is 0 Å². The molecule has 5 heteroatoms. The van der Waals surface area contributed by atoms with Crippen molar-refractivity contribution in [2.45, 2.75) is 26.6 Å². The zero-order valence-corrected chi connectivity index (χ0v) is 14.5. The Kier molecular flexibility index (Phi) is 4.98. The van der Waals surface area contributed by atoms with E-state index < -0.39 is 11.7 Å². The van der Waals surface area contributed by atoms with Gasteiger partial charge in [-0.25, -0.2) is 0 Å². The molecule has 1 heterocycles. The summed E-state index contributed by atoms with van der Waals surface area (Å²) in [5.74, 6) is 0.610. The molecule has 0 bridgehead atoms. The summed E-state index contributed by atoms with van der Waals surface area (Å²) in [5.41, 5.74) is 3.20. The zero-order valence-electron chi connectivity index (χ0n) is 14.5. The molecule has 0 radical (unpaired) electrons. The highest BCUT2D eigenvalue weighted by Gasteiger charge is 2.30. The minimum atomic E-state index is -4.36. The predicted molar refractivity (Wildman–Crippen MR) is 94.9 cm³/mol. The van der Waals surface area contributed by atoms with Crippen LogP contribution in [0.5, 0.6) is 5.75 Å². The number of hydrogen-bond acceptors (Lipinski definition) is 2. The number of ether oxygens (including phenoxy) is 1. The first kappa shape index (κ1) is 18.0. The lowest BCUT2D eigenvalue weighted by atomic mass is 10.0. The minimum Gasteiger partial charge on any atom is -0.488 e. The Bertz CT molecular complexity index is 888. The Labute approximate surface area is 150 Å². The molecule has 2 aromatic carbocycles. The second-order valence-corrected chi connectivity index (χ2v) is 6.07. The van der Waals surface area contributed by atoms with Crippen molar-refractivity contribution in [2.24, 2.45) is 0 Å². The highest BCUT2D eigenvalue weighted by Crippen LogP contribution is 2.36. The predicted octanol–water partition coefficient (Wildman–Crippen LogP) is 5.96. The lowest BCUT2D eigenvalue weighted by Gasteiger charge is -2.16. The molecule has 26 heavy (non-hydrogen) atoms. The molecule has 0 amide bonds.